The van der Waals surface area contributed by atoms with Crippen molar-refractivity contribution in [2.24, 2.45) is 5.92 Å². The van der Waals surface area contributed by atoms with E-state index in [1.54, 1.807) is 6.07 Å². The number of carbonyl (C=O) groups excluding carboxylic acids is 2. The second-order valence-electron chi connectivity index (χ2n) is 9.73. The minimum absolute atomic E-state index is 0.0927. The van der Waals surface area contributed by atoms with Gasteiger partial charge in [0.25, 0.3) is 0 Å². The number of hydrogen-bond donors (Lipinski definition) is 0. The molecule has 2 bridgehead atoms. The Morgan fingerprint density at radius 3 is 2.82 bits per heavy atom. The lowest BCUT2D eigenvalue weighted by Gasteiger charge is -2.56. The van der Waals surface area contributed by atoms with Gasteiger partial charge in [0.1, 0.15) is 6.10 Å². The average molecular weight is 480 g/mol. The molecular formula is C27H26ClNO5. The van der Waals surface area contributed by atoms with Crippen molar-refractivity contribution in [3.63, 3.8) is 0 Å². The fraction of sp³-hybridized carbons (Fsp3) is 0.407. The number of likely N-dealkylation sites (tertiary alicyclic amines) is 1. The molecule has 6 rings (SSSR count). The molecular weight excluding hydrogens is 454 g/mol. The van der Waals surface area contributed by atoms with Crippen LogP contribution < -0.4 is 9.47 Å². The third-order valence-electron chi connectivity index (χ3n) is 7.93. The van der Waals surface area contributed by atoms with Crippen molar-refractivity contribution in [3.8, 4) is 11.5 Å². The van der Waals surface area contributed by atoms with Gasteiger partial charge in [-0.25, -0.2) is 0 Å². The first kappa shape index (κ1) is 21.7. The van der Waals surface area contributed by atoms with Crippen molar-refractivity contribution in [2.45, 2.75) is 49.9 Å². The Morgan fingerprint density at radius 2 is 2.03 bits per heavy atom. The molecule has 2 aliphatic carbocycles. The Labute approximate surface area is 203 Å². The van der Waals surface area contributed by atoms with Crippen molar-refractivity contribution in [2.75, 3.05) is 13.6 Å². The lowest BCUT2D eigenvalue weighted by Crippen LogP contribution is -2.65. The summed E-state index contributed by atoms with van der Waals surface area (Å²) in [7, 11) is 2.17. The Kier molecular flexibility index (Phi) is 5.01. The van der Waals surface area contributed by atoms with E-state index in [9.17, 15) is 9.59 Å². The highest BCUT2D eigenvalue weighted by Gasteiger charge is 2.65. The largest absolute Gasteiger partial charge is 0.481 e. The Hall–Kier alpha value is -2.83. The molecule has 6 nitrogen and oxygen atoms in total. The SMILES string of the molecule is CC(=O)Oc1ccc2c3c1O[C@H]1[C@@H](OC(=O)Cc4ccccc4Cl)C=C[C@H]4[C@@H](C2)N(C)CC[C@@]341. The normalized spacial score (nSPS) is 30.3. The van der Waals surface area contributed by atoms with Crippen molar-refractivity contribution in [3.05, 3.63) is 70.3 Å². The van der Waals surface area contributed by atoms with E-state index in [0.717, 1.165) is 30.5 Å². The first-order valence-corrected chi connectivity index (χ1v) is 12.1. The molecule has 2 aromatic rings. The van der Waals surface area contributed by atoms with Gasteiger partial charge in [0.05, 0.1) is 6.42 Å². The van der Waals surface area contributed by atoms with Crippen molar-refractivity contribution in [1.82, 2.24) is 4.90 Å². The zero-order valence-corrected chi connectivity index (χ0v) is 19.9. The van der Waals surface area contributed by atoms with E-state index in [1.165, 1.54) is 12.5 Å². The van der Waals surface area contributed by atoms with E-state index in [-0.39, 0.29) is 35.8 Å². The molecule has 0 unspecified atom stereocenters. The molecule has 0 radical (unpaired) electrons. The van der Waals surface area contributed by atoms with Crippen LogP contribution in [0.5, 0.6) is 11.5 Å². The highest BCUT2D eigenvalue weighted by atomic mass is 35.5. The van der Waals surface area contributed by atoms with Crippen LogP contribution in [0.2, 0.25) is 5.02 Å². The van der Waals surface area contributed by atoms with Crippen LogP contribution in [0.15, 0.2) is 48.6 Å². The first-order valence-electron chi connectivity index (χ1n) is 11.7. The molecule has 1 fully saturated rings. The highest BCUT2D eigenvalue weighted by Crippen LogP contribution is 2.62. The van der Waals surface area contributed by atoms with Gasteiger partial charge in [0.2, 0.25) is 0 Å². The monoisotopic (exact) mass is 479 g/mol. The summed E-state index contributed by atoms with van der Waals surface area (Å²) in [6.07, 6.45) is 5.15. The van der Waals surface area contributed by atoms with Crippen molar-refractivity contribution < 1.29 is 23.8 Å². The van der Waals surface area contributed by atoms with Gasteiger partial charge in [0.15, 0.2) is 17.6 Å². The third kappa shape index (κ3) is 3.12. The molecule has 0 aromatic heterocycles. The smallest absolute Gasteiger partial charge is 0.311 e. The van der Waals surface area contributed by atoms with Gasteiger partial charge in [-0.15, -0.1) is 0 Å². The van der Waals surface area contributed by atoms with Gasteiger partial charge >= 0.3 is 11.9 Å². The van der Waals surface area contributed by atoms with Crippen LogP contribution in [-0.4, -0.2) is 48.7 Å². The quantitative estimate of drug-likeness (QED) is 0.377. The Balaban J connectivity index is 1.38. The minimum atomic E-state index is -0.543. The summed E-state index contributed by atoms with van der Waals surface area (Å²) >= 11 is 6.25. The summed E-state index contributed by atoms with van der Waals surface area (Å²) in [4.78, 5) is 27.1. The molecule has 7 heteroatoms. The minimum Gasteiger partial charge on any atom is -0.481 e. The zero-order chi connectivity index (χ0) is 23.6. The molecule has 2 heterocycles. The molecule has 2 aromatic carbocycles. The second-order valence-corrected chi connectivity index (χ2v) is 10.1. The molecule has 176 valence electrons. The molecule has 4 aliphatic rings. The second kappa shape index (κ2) is 7.85. The van der Waals surface area contributed by atoms with E-state index in [2.05, 4.69) is 24.1 Å². The summed E-state index contributed by atoms with van der Waals surface area (Å²) in [5, 5.41) is 0.544. The average Bonchev–Trinajstić information content (AvgIpc) is 3.15. The maximum atomic E-state index is 12.9. The molecule has 0 amide bonds. The number of nitrogens with zero attached hydrogens (tertiary/aromatic N) is 1. The van der Waals surface area contributed by atoms with Gasteiger partial charge in [-0.05, 0) is 55.8 Å². The summed E-state index contributed by atoms with van der Waals surface area (Å²) in [6, 6.07) is 11.5. The number of piperidine rings is 1. The maximum Gasteiger partial charge on any atom is 0.311 e. The van der Waals surface area contributed by atoms with Gasteiger partial charge in [0, 0.05) is 34.9 Å². The summed E-state index contributed by atoms with van der Waals surface area (Å²) in [5.74, 6) is 0.560. The summed E-state index contributed by atoms with van der Waals surface area (Å²) < 4.78 is 18.1. The lowest BCUT2D eigenvalue weighted by molar-refractivity contribution is -0.154. The maximum absolute atomic E-state index is 12.9. The van der Waals surface area contributed by atoms with Gasteiger partial charge in [-0.3, -0.25) is 9.59 Å². The van der Waals surface area contributed by atoms with Crippen molar-refractivity contribution in [1.29, 1.82) is 0 Å². The lowest BCUT2D eigenvalue weighted by atomic mass is 9.53. The van der Waals surface area contributed by atoms with Crippen molar-refractivity contribution >= 4 is 23.5 Å². The van der Waals surface area contributed by atoms with Crippen LogP contribution in [0.1, 0.15) is 30.0 Å². The summed E-state index contributed by atoms with van der Waals surface area (Å²) in [6.45, 7) is 2.31. The fourth-order valence-corrected chi connectivity index (χ4v) is 6.74. The number of hydrogen-bond acceptors (Lipinski definition) is 6. The van der Waals surface area contributed by atoms with Crippen LogP contribution in [-0.2, 0) is 32.6 Å². The standard InChI is InChI=1S/C27H26ClNO5/c1-15(30)32-21-9-7-17-13-20-18-8-10-22(33-23(31)14-16-5-3-4-6-19(16)28)26-27(18,11-12-29(20)2)24(17)25(21)34-26/h3-10,18,20,22,26H,11-14H2,1-2H3/t18-,20+,22-,26-,27-/m0/s1. The molecule has 2 aliphatic heterocycles. The fourth-order valence-electron chi connectivity index (χ4n) is 6.54. The van der Waals surface area contributed by atoms with Gasteiger partial charge < -0.3 is 19.1 Å². The Bertz CT molecular complexity index is 1230. The van der Waals surface area contributed by atoms with Crippen LogP contribution in [0.3, 0.4) is 0 Å². The highest BCUT2D eigenvalue weighted by molar-refractivity contribution is 6.31. The number of carbonyl (C=O) groups is 2. The molecule has 34 heavy (non-hydrogen) atoms. The van der Waals surface area contributed by atoms with E-state index in [0.29, 0.717) is 22.6 Å². The third-order valence-corrected chi connectivity index (χ3v) is 8.30. The molecule has 1 spiro atoms. The van der Waals surface area contributed by atoms with Crippen LogP contribution in [0, 0.1) is 5.92 Å². The van der Waals surface area contributed by atoms with Gasteiger partial charge in [-0.2, -0.15) is 0 Å². The topological polar surface area (TPSA) is 65.1 Å². The number of likely N-dealkylation sites (N-methyl/N-ethyl adjacent to an activating group) is 1. The Morgan fingerprint density at radius 1 is 1.21 bits per heavy atom. The van der Waals surface area contributed by atoms with Crippen LogP contribution >= 0.6 is 11.6 Å². The summed E-state index contributed by atoms with van der Waals surface area (Å²) in [5.41, 5.74) is 2.76. The number of esters is 2. The van der Waals surface area contributed by atoms with E-state index < -0.39 is 6.10 Å². The zero-order valence-electron chi connectivity index (χ0n) is 19.1. The van der Waals surface area contributed by atoms with E-state index >= 15 is 0 Å². The molecule has 1 saturated heterocycles. The number of benzene rings is 2. The van der Waals surface area contributed by atoms with Gasteiger partial charge in [-0.1, -0.05) is 41.9 Å². The number of rotatable bonds is 4. The predicted octanol–water partition coefficient (Wildman–Crippen LogP) is 3.86. The molecule has 5 atom stereocenters. The number of ether oxygens (including phenoxy) is 3. The predicted molar refractivity (Wildman–Crippen MR) is 126 cm³/mol. The number of halogens is 1. The molecule has 0 N–H and O–H groups in total. The van der Waals surface area contributed by atoms with Crippen LogP contribution in [0.4, 0.5) is 0 Å². The first-order chi connectivity index (χ1) is 16.4. The molecule has 0 saturated carbocycles. The van der Waals surface area contributed by atoms with E-state index in [1.807, 2.05) is 30.3 Å². The van der Waals surface area contributed by atoms with E-state index in [4.69, 9.17) is 25.8 Å². The van der Waals surface area contributed by atoms with Crippen LogP contribution in [0.25, 0.3) is 0 Å².